The minimum absolute atomic E-state index is 0.115. The molecule has 2 aliphatic rings. The third-order valence-corrected chi connectivity index (χ3v) is 4.00. The van der Waals surface area contributed by atoms with Crippen molar-refractivity contribution >= 4 is 11.5 Å². The van der Waals surface area contributed by atoms with E-state index >= 15 is 0 Å². The highest BCUT2D eigenvalue weighted by atomic mass is 19.1. The van der Waals surface area contributed by atoms with Gasteiger partial charge in [0.25, 0.3) is 0 Å². The summed E-state index contributed by atoms with van der Waals surface area (Å²) in [5, 5.41) is 0. The zero-order valence-corrected chi connectivity index (χ0v) is 12.7. The van der Waals surface area contributed by atoms with Gasteiger partial charge < -0.3 is 19.1 Å². The number of rotatable bonds is 1. The molecule has 5 nitrogen and oxygen atoms in total. The summed E-state index contributed by atoms with van der Waals surface area (Å²) in [6.45, 7) is 0.304. The van der Waals surface area contributed by atoms with E-state index in [2.05, 4.69) is 0 Å². The van der Waals surface area contributed by atoms with Crippen LogP contribution < -0.4 is 19.1 Å². The highest BCUT2D eigenvalue weighted by Crippen LogP contribution is 2.41. The number of hydrogen-bond donors (Lipinski definition) is 0. The van der Waals surface area contributed by atoms with Gasteiger partial charge in [0.2, 0.25) is 6.79 Å². The minimum Gasteiger partial charge on any atom is -0.488 e. The van der Waals surface area contributed by atoms with Gasteiger partial charge >= 0.3 is 0 Å². The van der Waals surface area contributed by atoms with Crippen molar-refractivity contribution in [2.24, 2.45) is 0 Å². The fourth-order valence-electron chi connectivity index (χ4n) is 2.80. The number of ether oxygens (including phenoxy) is 3. The van der Waals surface area contributed by atoms with E-state index in [0.29, 0.717) is 39.6 Å². The maximum absolute atomic E-state index is 14.3. The van der Waals surface area contributed by atoms with Crippen molar-refractivity contribution in [2.75, 3.05) is 25.8 Å². The summed E-state index contributed by atoms with van der Waals surface area (Å²) in [6, 6.07) is 6.16. The first-order valence-corrected chi connectivity index (χ1v) is 7.15. The average Bonchev–Trinajstić information content (AvgIpc) is 2.93. The van der Waals surface area contributed by atoms with Crippen LogP contribution in [0.2, 0.25) is 0 Å². The molecular formula is C17H14FNO4. The number of fused-ring (bicyclic) bond motifs is 3. The summed E-state index contributed by atoms with van der Waals surface area (Å²) >= 11 is 0. The lowest BCUT2D eigenvalue weighted by Gasteiger charge is -2.16. The van der Waals surface area contributed by atoms with E-state index < -0.39 is 5.82 Å². The first kappa shape index (κ1) is 13.9. The van der Waals surface area contributed by atoms with Crippen LogP contribution in [0.4, 0.5) is 10.1 Å². The quantitative estimate of drug-likeness (QED) is 0.810. The molecule has 0 amide bonds. The fourth-order valence-corrected chi connectivity index (χ4v) is 2.80. The molecule has 0 fully saturated rings. The van der Waals surface area contributed by atoms with Gasteiger partial charge in [-0.25, -0.2) is 4.39 Å². The third-order valence-electron chi connectivity index (χ3n) is 4.00. The molecule has 2 aromatic rings. The lowest BCUT2D eigenvalue weighted by molar-refractivity contribution is 0.103. The van der Waals surface area contributed by atoms with Gasteiger partial charge in [-0.2, -0.15) is 0 Å². The van der Waals surface area contributed by atoms with Crippen LogP contribution in [0.5, 0.6) is 17.2 Å². The van der Waals surface area contributed by atoms with Gasteiger partial charge in [-0.3, -0.25) is 4.79 Å². The zero-order valence-electron chi connectivity index (χ0n) is 12.7. The number of hydrogen-bond acceptors (Lipinski definition) is 5. The number of ketones is 1. The molecule has 0 atom stereocenters. The van der Waals surface area contributed by atoms with E-state index in [1.807, 2.05) is 0 Å². The van der Waals surface area contributed by atoms with Gasteiger partial charge in [-0.05, 0) is 18.2 Å². The van der Waals surface area contributed by atoms with Crippen molar-refractivity contribution < 1.29 is 23.4 Å². The summed E-state index contributed by atoms with van der Waals surface area (Å²) in [6.07, 6.45) is 0. The molecular weight excluding hydrogens is 301 g/mol. The van der Waals surface area contributed by atoms with Crippen molar-refractivity contribution in [3.63, 3.8) is 0 Å². The Morgan fingerprint density at radius 3 is 2.43 bits per heavy atom. The molecule has 0 bridgehead atoms. The summed E-state index contributed by atoms with van der Waals surface area (Å²) < 4.78 is 30.6. The fraction of sp³-hybridized carbons (Fsp3) is 0.235. The molecule has 0 spiro atoms. The van der Waals surface area contributed by atoms with Crippen LogP contribution in [0.15, 0.2) is 24.3 Å². The molecule has 4 rings (SSSR count). The monoisotopic (exact) mass is 315 g/mol. The van der Waals surface area contributed by atoms with Crippen LogP contribution in [-0.4, -0.2) is 26.7 Å². The van der Waals surface area contributed by atoms with Gasteiger partial charge in [-0.15, -0.1) is 0 Å². The number of carbonyl (C=O) groups excluding carboxylic acids is 1. The second-order valence-corrected chi connectivity index (χ2v) is 5.67. The molecule has 0 saturated heterocycles. The topological polar surface area (TPSA) is 48.0 Å². The van der Waals surface area contributed by atoms with E-state index in [1.165, 1.54) is 6.07 Å². The Kier molecular flexibility index (Phi) is 2.94. The largest absolute Gasteiger partial charge is 0.488 e. The predicted molar refractivity (Wildman–Crippen MR) is 81.1 cm³/mol. The number of nitrogens with zero attached hydrogens (tertiary/aromatic N) is 1. The van der Waals surface area contributed by atoms with Gasteiger partial charge in [0, 0.05) is 31.3 Å². The van der Waals surface area contributed by atoms with Crippen molar-refractivity contribution in [3.8, 4) is 17.2 Å². The molecule has 2 heterocycles. The molecule has 0 N–H and O–H groups in total. The normalized spacial score (nSPS) is 14.7. The van der Waals surface area contributed by atoms with Crippen molar-refractivity contribution in [3.05, 3.63) is 46.8 Å². The molecule has 0 unspecified atom stereocenters. The number of benzene rings is 2. The summed E-state index contributed by atoms with van der Waals surface area (Å²) in [7, 11) is 3.50. The van der Waals surface area contributed by atoms with E-state index in [4.69, 9.17) is 14.2 Å². The molecule has 0 aromatic heterocycles. The zero-order chi connectivity index (χ0) is 16.1. The van der Waals surface area contributed by atoms with Crippen LogP contribution in [-0.2, 0) is 6.61 Å². The molecule has 118 valence electrons. The van der Waals surface area contributed by atoms with Crippen LogP contribution in [0, 0.1) is 5.82 Å². The van der Waals surface area contributed by atoms with Crippen LogP contribution in [0.1, 0.15) is 21.5 Å². The second-order valence-electron chi connectivity index (χ2n) is 5.67. The van der Waals surface area contributed by atoms with E-state index in [1.54, 1.807) is 37.2 Å². The number of anilines is 1. The Morgan fingerprint density at radius 2 is 1.70 bits per heavy atom. The standard InChI is InChI=1S/C17H14FNO4/c1-19(2)13-3-9-7-21-14-6-16-15(22-8-23-16)5-11(14)17(20)10(9)4-12(13)18/h3-6H,7-8H2,1-2H3. The summed E-state index contributed by atoms with van der Waals surface area (Å²) in [5.41, 5.74) is 1.73. The SMILES string of the molecule is CN(C)c1cc2c(cc1F)C(=O)c1cc3c(cc1OC2)OCO3. The highest BCUT2D eigenvalue weighted by molar-refractivity contribution is 6.12. The Hall–Kier alpha value is -2.76. The Balaban J connectivity index is 1.86. The van der Waals surface area contributed by atoms with Crippen molar-refractivity contribution in [1.82, 2.24) is 0 Å². The highest BCUT2D eigenvalue weighted by Gasteiger charge is 2.28. The minimum atomic E-state index is -0.439. The molecule has 0 radical (unpaired) electrons. The second kappa shape index (κ2) is 4.87. The molecule has 6 heteroatoms. The molecule has 0 saturated carbocycles. The Labute approximate surface area is 132 Å². The predicted octanol–water partition coefficient (Wildman–Crippen LogP) is 2.74. The molecule has 2 aromatic carbocycles. The molecule has 2 aliphatic heterocycles. The first-order chi connectivity index (χ1) is 11.0. The van der Waals surface area contributed by atoms with Crippen LogP contribution >= 0.6 is 0 Å². The smallest absolute Gasteiger partial charge is 0.231 e. The van der Waals surface area contributed by atoms with Gasteiger partial charge in [0.1, 0.15) is 18.2 Å². The Morgan fingerprint density at radius 1 is 0.957 bits per heavy atom. The summed E-state index contributed by atoms with van der Waals surface area (Å²) in [4.78, 5) is 14.5. The Bertz CT molecular complexity index is 832. The van der Waals surface area contributed by atoms with E-state index in [0.717, 1.165) is 0 Å². The lowest BCUT2D eigenvalue weighted by atomic mass is 9.98. The van der Waals surface area contributed by atoms with Crippen molar-refractivity contribution in [1.29, 1.82) is 0 Å². The van der Waals surface area contributed by atoms with Gasteiger partial charge in [0.05, 0.1) is 11.3 Å². The molecule has 23 heavy (non-hydrogen) atoms. The van der Waals surface area contributed by atoms with Gasteiger partial charge in [0.15, 0.2) is 17.3 Å². The lowest BCUT2D eigenvalue weighted by Crippen LogP contribution is -2.13. The average molecular weight is 315 g/mol. The molecule has 0 aliphatic carbocycles. The number of halogens is 1. The number of carbonyl (C=O) groups is 1. The van der Waals surface area contributed by atoms with Gasteiger partial charge in [-0.1, -0.05) is 0 Å². The van der Waals surface area contributed by atoms with E-state index in [-0.39, 0.29) is 19.2 Å². The van der Waals surface area contributed by atoms with Crippen LogP contribution in [0.25, 0.3) is 0 Å². The van der Waals surface area contributed by atoms with Crippen LogP contribution in [0.3, 0.4) is 0 Å². The summed E-state index contributed by atoms with van der Waals surface area (Å²) in [5.74, 6) is 0.737. The maximum Gasteiger partial charge on any atom is 0.231 e. The third kappa shape index (κ3) is 2.10. The van der Waals surface area contributed by atoms with E-state index in [9.17, 15) is 9.18 Å². The van der Waals surface area contributed by atoms with Crippen molar-refractivity contribution in [2.45, 2.75) is 6.61 Å². The maximum atomic E-state index is 14.3. The first-order valence-electron chi connectivity index (χ1n) is 7.15.